The van der Waals surface area contributed by atoms with E-state index in [1.807, 2.05) is 30.3 Å². The van der Waals surface area contributed by atoms with Crippen LogP contribution in [0.5, 0.6) is 0 Å². The Kier molecular flexibility index (Phi) is 3.14. The number of anilines is 2. The van der Waals surface area contributed by atoms with Gasteiger partial charge < -0.3 is 5.32 Å². The van der Waals surface area contributed by atoms with Crippen LogP contribution >= 0.6 is 22.7 Å². The van der Waals surface area contributed by atoms with Crippen LogP contribution in [0.25, 0.3) is 20.0 Å². The summed E-state index contributed by atoms with van der Waals surface area (Å²) < 4.78 is 1.09. The number of benzene rings is 1. The molecule has 0 aliphatic rings. The van der Waals surface area contributed by atoms with Crippen LogP contribution in [0.2, 0.25) is 0 Å². The molecule has 4 aromatic rings. The second kappa shape index (κ2) is 5.27. The summed E-state index contributed by atoms with van der Waals surface area (Å²) in [6.07, 6.45) is 1.61. The Balaban J connectivity index is 1.79. The summed E-state index contributed by atoms with van der Waals surface area (Å²) in [6, 6.07) is 16.4. The van der Waals surface area contributed by atoms with Gasteiger partial charge in [0, 0.05) is 15.4 Å². The van der Waals surface area contributed by atoms with Crippen molar-refractivity contribution in [1.82, 2.24) is 9.97 Å². The van der Waals surface area contributed by atoms with E-state index in [1.165, 1.54) is 9.75 Å². The molecule has 0 spiro atoms. The molecule has 0 radical (unpaired) electrons. The van der Waals surface area contributed by atoms with Gasteiger partial charge in [0.2, 0.25) is 0 Å². The summed E-state index contributed by atoms with van der Waals surface area (Å²) in [5.74, 6) is 0.860. The third-order valence-corrected chi connectivity index (χ3v) is 5.31. The number of nitrogens with one attached hydrogen (secondary N) is 1. The van der Waals surface area contributed by atoms with Crippen molar-refractivity contribution in [2.75, 3.05) is 5.32 Å². The predicted molar refractivity (Wildman–Crippen MR) is 90.5 cm³/mol. The highest BCUT2D eigenvalue weighted by molar-refractivity contribution is 7.26. The zero-order chi connectivity index (χ0) is 14.1. The maximum absolute atomic E-state index is 4.39. The molecule has 0 bridgehead atoms. The Hall–Kier alpha value is -2.24. The van der Waals surface area contributed by atoms with Gasteiger partial charge in [-0.3, -0.25) is 0 Å². The van der Waals surface area contributed by atoms with Gasteiger partial charge in [-0.1, -0.05) is 24.3 Å². The Morgan fingerprint density at radius 1 is 0.905 bits per heavy atom. The molecular weight excluding hydrogens is 298 g/mol. The molecule has 0 aliphatic carbocycles. The van der Waals surface area contributed by atoms with Gasteiger partial charge in [-0.15, -0.1) is 22.7 Å². The summed E-state index contributed by atoms with van der Waals surface area (Å²) in [7, 11) is 0. The predicted octanol–water partition coefficient (Wildman–Crippen LogP) is 5.16. The van der Waals surface area contributed by atoms with Crippen molar-refractivity contribution >= 4 is 44.4 Å². The third-order valence-electron chi connectivity index (χ3n) is 3.11. The first-order valence-electron chi connectivity index (χ1n) is 6.51. The first-order valence-corrected chi connectivity index (χ1v) is 8.20. The van der Waals surface area contributed by atoms with Gasteiger partial charge in [0.1, 0.15) is 6.33 Å². The maximum atomic E-state index is 4.39. The molecule has 0 atom stereocenters. The number of aromatic nitrogens is 2. The van der Waals surface area contributed by atoms with Crippen molar-refractivity contribution in [2.45, 2.75) is 0 Å². The van der Waals surface area contributed by atoms with Gasteiger partial charge in [0.25, 0.3) is 0 Å². The lowest BCUT2D eigenvalue weighted by Crippen LogP contribution is -1.93. The average Bonchev–Trinajstić information content (AvgIpc) is 3.18. The van der Waals surface area contributed by atoms with Gasteiger partial charge in [0.15, 0.2) is 5.82 Å². The minimum atomic E-state index is 0.860. The van der Waals surface area contributed by atoms with Crippen LogP contribution in [0, 0.1) is 0 Å². The molecule has 3 aromatic heterocycles. The van der Waals surface area contributed by atoms with Gasteiger partial charge in [0.05, 0.1) is 10.2 Å². The lowest BCUT2D eigenvalue weighted by molar-refractivity contribution is 1.23. The highest BCUT2D eigenvalue weighted by atomic mass is 32.1. The molecule has 4 rings (SSSR count). The van der Waals surface area contributed by atoms with Gasteiger partial charge in [-0.2, -0.15) is 0 Å². The second-order valence-electron chi connectivity index (χ2n) is 4.52. The van der Waals surface area contributed by atoms with E-state index in [9.17, 15) is 0 Å². The summed E-state index contributed by atoms with van der Waals surface area (Å²) in [6.45, 7) is 0. The zero-order valence-corrected chi connectivity index (χ0v) is 12.6. The average molecular weight is 309 g/mol. The molecule has 102 valence electrons. The van der Waals surface area contributed by atoms with Crippen LogP contribution in [-0.4, -0.2) is 9.97 Å². The molecule has 0 saturated heterocycles. The van der Waals surface area contributed by atoms with Crippen molar-refractivity contribution in [3.63, 3.8) is 0 Å². The van der Waals surface area contributed by atoms with E-state index in [1.54, 1.807) is 29.0 Å². The molecule has 1 aromatic carbocycles. The maximum Gasteiger partial charge on any atom is 0.151 e. The number of thiophene rings is 2. The molecule has 0 saturated carbocycles. The highest BCUT2D eigenvalue weighted by Crippen LogP contribution is 2.38. The normalized spacial score (nSPS) is 10.9. The molecule has 3 nitrogen and oxygen atoms in total. The number of rotatable bonds is 3. The minimum Gasteiger partial charge on any atom is -0.339 e. The van der Waals surface area contributed by atoms with E-state index in [0.29, 0.717) is 0 Å². The molecule has 0 amide bonds. The standard InChI is InChI=1S/C16H11N3S2/c1-2-5-11(6-3-1)19-16-15-12(17-10-18-16)9-14(21-15)13-7-4-8-20-13/h1-10H,(H,17,18,19). The van der Waals surface area contributed by atoms with E-state index >= 15 is 0 Å². The lowest BCUT2D eigenvalue weighted by Gasteiger charge is -2.05. The number of fused-ring (bicyclic) bond motifs is 1. The van der Waals surface area contributed by atoms with Crippen molar-refractivity contribution < 1.29 is 0 Å². The van der Waals surface area contributed by atoms with Crippen molar-refractivity contribution in [2.24, 2.45) is 0 Å². The van der Waals surface area contributed by atoms with E-state index in [0.717, 1.165) is 21.7 Å². The van der Waals surface area contributed by atoms with Crippen LogP contribution in [0.3, 0.4) is 0 Å². The first kappa shape index (κ1) is 12.5. The topological polar surface area (TPSA) is 37.8 Å². The van der Waals surface area contributed by atoms with Gasteiger partial charge in [-0.05, 0) is 29.6 Å². The van der Waals surface area contributed by atoms with E-state index in [-0.39, 0.29) is 0 Å². The van der Waals surface area contributed by atoms with Gasteiger partial charge in [-0.25, -0.2) is 9.97 Å². The van der Waals surface area contributed by atoms with E-state index in [4.69, 9.17) is 0 Å². The van der Waals surface area contributed by atoms with Crippen LogP contribution in [-0.2, 0) is 0 Å². The molecule has 21 heavy (non-hydrogen) atoms. The fourth-order valence-electron chi connectivity index (χ4n) is 2.14. The molecule has 0 aliphatic heterocycles. The molecular formula is C16H11N3S2. The molecule has 0 fully saturated rings. The lowest BCUT2D eigenvalue weighted by atomic mass is 10.3. The Morgan fingerprint density at radius 3 is 2.62 bits per heavy atom. The van der Waals surface area contributed by atoms with Crippen LogP contribution in [0.15, 0.2) is 60.2 Å². The largest absolute Gasteiger partial charge is 0.339 e. The van der Waals surface area contributed by atoms with Crippen LogP contribution < -0.4 is 5.32 Å². The van der Waals surface area contributed by atoms with Crippen LogP contribution in [0.4, 0.5) is 11.5 Å². The number of hydrogen-bond donors (Lipinski definition) is 1. The fourth-order valence-corrected chi connectivity index (χ4v) is 4.02. The third kappa shape index (κ3) is 2.41. The summed E-state index contributed by atoms with van der Waals surface area (Å²) in [5.41, 5.74) is 2.01. The minimum absolute atomic E-state index is 0.860. The Morgan fingerprint density at radius 2 is 1.81 bits per heavy atom. The second-order valence-corrected chi connectivity index (χ2v) is 6.52. The number of nitrogens with zero attached hydrogens (tertiary/aromatic N) is 2. The molecule has 0 unspecified atom stereocenters. The van der Waals surface area contributed by atoms with E-state index < -0.39 is 0 Å². The molecule has 5 heteroatoms. The molecule has 3 heterocycles. The quantitative estimate of drug-likeness (QED) is 0.568. The Bertz CT molecular complexity index is 867. The van der Waals surface area contributed by atoms with Crippen molar-refractivity contribution in [3.05, 3.63) is 60.2 Å². The highest BCUT2D eigenvalue weighted by Gasteiger charge is 2.10. The fraction of sp³-hybridized carbons (Fsp3) is 0. The summed E-state index contributed by atoms with van der Waals surface area (Å²) in [4.78, 5) is 11.3. The van der Waals surface area contributed by atoms with Crippen molar-refractivity contribution in [3.8, 4) is 9.75 Å². The van der Waals surface area contributed by atoms with Gasteiger partial charge >= 0.3 is 0 Å². The van der Waals surface area contributed by atoms with Crippen molar-refractivity contribution in [1.29, 1.82) is 0 Å². The number of hydrogen-bond acceptors (Lipinski definition) is 5. The summed E-state index contributed by atoms with van der Waals surface area (Å²) in [5, 5.41) is 5.46. The number of para-hydroxylation sites is 1. The zero-order valence-electron chi connectivity index (χ0n) is 11.0. The SMILES string of the molecule is c1ccc(Nc2ncnc3cc(-c4cccs4)sc23)cc1. The Labute approximate surface area is 129 Å². The van der Waals surface area contributed by atoms with E-state index in [2.05, 4.69) is 38.9 Å². The smallest absolute Gasteiger partial charge is 0.151 e. The first-order chi connectivity index (χ1) is 10.4. The monoisotopic (exact) mass is 309 g/mol. The molecule has 1 N–H and O–H groups in total. The summed E-state index contributed by atoms with van der Waals surface area (Å²) >= 11 is 3.47. The van der Waals surface area contributed by atoms with Crippen LogP contribution in [0.1, 0.15) is 0 Å².